The average Bonchev–Trinajstić information content (AvgIpc) is 2.03. The number of aliphatic hydroxyl groups excluding tert-OH is 1. The van der Waals surface area contributed by atoms with Crippen LogP contribution in [0.15, 0.2) is 0 Å². The molecular weight excluding hydrogens is 196 g/mol. The lowest BCUT2D eigenvalue weighted by Crippen LogP contribution is -2.13. The highest BCUT2D eigenvalue weighted by molar-refractivity contribution is 8.00. The number of unbranched alkanes of at least 4 members (excludes halogenated alkanes) is 2. The molecule has 0 aromatic heterocycles. The third-order valence-corrected chi connectivity index (χ3v) is 1.68. The number of carbonyl (C=O) groups excluding carboxylic acids is 1. The number of rotatable bonds is 6. The maximum absolute atomic E-state index is 10.8. The Morgan fingerprint density at radius 1 is 1.33 bits per heavy atom. The zero-order valence-corrected chi connectivity index (χ0v) is 8.56. The monoisotopic (exact) mass is 210 g/mol. The lowest BCUT2D eigenvalue weighted by molar-refractivity contribution is -0.141. The van der Waals surface area contributed by atoms with Crippen LogP contribution < -0.4 is 0 Å². The van der Waals surface area contributed by atoms with Crippen LogP contribution in [0, 0.1) is 0 Å². The summed E-state index contributed by atoms with van der Waals surface area (Å²) >= 11 is 7.57. The van der Waals surface area contributed by atoms with Gasteiger partial charge >= 0.3 is 5.97 Å². The van der Waals surface area contributed by atoms with E-state index >= 15 is 0 Å². The normalized spacial score (nSPS) is 10.3. The van der Waals surface area contributed by atoms with Crippen molar-refractivity contribution in [2.45, 2.75) is 23.8 Å². The number of thiol groups is 2. The van der Waals surface area contributed by atoms with Crippen LogP contribution in [0.25, 0.3) is 0 Å². The molecule has 3 nitrogen and oxygen atoms in total. The van der Waals surface area contributed by atoms with E-state index < -0.39 is 10.6 Å². The second-order valence-electron chi connectivity index (χ2n) is 2.33. The summed E-state index contributed by atoms with van der Waals surface area (Å²) in [7, 11) is 0. The molecule has 5 heteroatoms. The first-order valence-corrected chi connectivity index (χ1v) is 4.85. The summed E-state index contributed by atoms with van der Waals surface area (Å²) in [5, 5.41) is 8.43. The van der Waals surface area contributed by atoms with Gasteiger partial charge in [-0.25, -0.2) is 4.79 Å². The second kappa shape index (κ2) is 7.76. The van der Waals surface area contributed by atoms with Crippen molar-refractivity contribution in [1.29, 1.82) is 0 Å². The SMILES string of the molecule is O=C(OCCCCCO)C(S)S. The fourth-order valence-electron chi connectivity index (χ4n) is 0.638. The maximum Gasteiger partial charge on any atom is 0.328 e. The first kappa shape index (κ1) is 12.1. The minimum Gasteiger partial charge on any atom is -0.464 e. The molecule has 0 bridgehead atoms. The molecule has 0 amide bonds. The quantitative estimate of drug-likeness (QED) is 0.264. The van der Waals surface area contributed by atoms with Gasteiger partial charge in [0, 0.05) is 6.61 Å². The molecule has 0 saturated carbocycles. The van der Waals surface area contributed by atoms with Crippen LogP contribution in [0.5, 0.6) is 0 Å². The molecule has 0 fully saturated rings. The molecule has 0 aromatic carbocycles. The molecule has 0 atom stereocenters. The Balaban J connectivity index is 3.14. The van der Waals surface area contributed by atoms with Crippen LogP contribution in [0.4, 0.5) is 0 Å². The van der Waals surface area contributed by atoms with Gasteiger partial charge in [0.2, 0.25) is 0 Å². The zero-order valence-electron chi connectivity index (χ0n) is 6.77. The van der Waals surface area contributed by atoms with Crippen LogP contribution in [0.1, 0.15) is 19.3 Å². The van der Waals surface area contributed by atoms with E-state index in [0.717, 1.165) is 19.3 Å². The van der Waals surface area contributed by atoms with Crippen LogP contribution in [-0.4, -0.2) is 28.9 Å². The average molecular weight is 210 g/mol. The van der Waals surface area contributed by atoms with E-state index in [1.807, 2.05) is 0 Å². The van der Waals surface area contributed by atoms with Crippen LogP contribution in [-0.2, 0) is 9.53 Å². The molecule has 0 aliphatic rings. The fourth-order valence-corrected chi connectivity index (χ4v) is 0.787. The van der Waals surface area contributed by atoms with Crippen molar-refractivity contribution in [2.24, 2.45) is 0 Å². The third-order valence-electron chi connectivity index (χ3n) is 1.26. The van der Waals surface area contributed by atoms with Gasteiger partial charge in [0.15, 0.2) is 0 Å². The number of hydrogen-bond donors (Lipinski definition) is 3. The number of hydrogen-bond acceptors (Lipinski definition) is 5. The van der Waals surface area contributed by atoms with Crippen molar-refractivity contribution < 1.29 is 14.6 Å². The number of aliphatic hydroxyl groups is 1. The highest BCUT2D eigenvalue weighted by Crippen LogP contribution is 2.03. The summed E-state index contributed by atoms with van der Waals surface area (Å²) in [5.74, 6) is -0.411. The first-order chi connectivity index (χ1) is 5.68. The Labute approximate surface area is 83.3 Å². The molecule has 0 radical (unpaired) electrons. The van der Waals surface area contributed by atoms with Crippen LogP contribution in [0.2, 0.25) is 0 Å². The van der Waals surface area contributed by atoms with E-state index in [1.165, 1.54) is 0 Å². The molecule has 0 aliphatic carbocycles. The van der Waals surface area contributed by atoms with Gasteiger partial charge in [0.1, 0.15) is 4.58 Å². The van der Waals surface area contributed by atoms with Gasteiger partial charge in [-0.1, -0.05) is 0 Å². The van der Waals surface area contributed by atoms with Crippen molar-refractivity contribution >= 4 is 31.2 Å². The highest BCUT2D eigenvalue weighted by Gasteiger charge is 2.08. The number of ether oxygens (including phenoxy) is 1. The molecule has 72 valence electrons. The third kappa shape index (κ3) is 6.82. The Morgan fingerprint density at radius 2 is 2.00 bits per heavy atom. The predicted molar refractivity (Wildman–Crippen MR) is 53.7 cm³/mol. The summed E-state index contributed by atoms with van der Waals surface area (Å²) in [6, 6.07) is 0. The predicted octanol–water partition coefficient (Wildman–Crippen LogP) is 0.878. The Hall–Kier alpha value is 0.130. The van der Waals surface area contributed by atoms with Gasteiger partial charge in [0.25, 0.3) is 0 Å². The molecule has 0 aliphatic heterocycles. The molecule has 0 aromatic rings. The van der Waals surface area contributed by atoms with E-state index in [2.05, 4.69) is 25.3 Å². The molecule has 0 saturated heterocycles. The van der Waals surface area contributed by atoms with E-state index in [-0.39, 0.29) is 6.61 Å². The lowest BCUT2D eigenvalue weighted by Gasteiger charge is -2.04. The highest BCUT2D eigenvalue weighted by atomic mass is 32.2. The minimum atomic E-state index is -0.650. The van der Waals surface area contributed by atoms with Crippen molar-refractivity contribution in [1.82, 2.24) is 0 Å². The van der Waals surface area contributed by atoms with Gasteiger partial charge in [-0.2, -0.15) is 25.3 Å². The van der Waals surface area contributed by atoms with E-state index in [9.17, 15) is 4.79 Å². The summed E-state index contributed by atoms with van der Waals surface area (Å²) in [5.41, 5.74) is 0. The van der Waals surface area contributed by atoms with Crippen LogP contribution >= 0.6 is 25.3 Å². The second-order valence-corrected chi connectivity index (χ2v) is 3.77. The molecule has 0 rings (SSSR count). The Kier molecular flexibility index (Phi) is 7.85. The van der Waals surface area contributed by atoms with Gasteiger partial charge in [0.05, 0.1) is 6.61 Å². The van der Waals surface area contributed by atoms with Crippen molar-refractivity contribution in [3.8, 4) is 0 Å². The number of esters is 1. The summed E-state index contributed by atoms with van der Waals surface area (Å²) in [6.07, 6.45) is 2.40. The molecule has 1 N–H and O–H groups in total. The largest absolute Gasteiger partial charge is 0.464 e. The van der Waals surface area contributed by atoms with E-state index in [4.69, 9.17) is 9.84 Å². The summed E-state index contributed by atoms with van der Waals surface area (Å²) in [4.78, 5) is 10.8. The zero-order chi connectivity index (χ0) is 9.40. The Morgan fingerprint density at radius 3 is 2.50 bits per heavy atom. The number of carbonyl (C=O) groups is 1. The van der Waals surface area contributed by atoms with Gasteiger partial charge in [-0.15, -0.1) is 0 Å². The first-order valence-electron chi connectivity index (χ1n) is 3.82. The molecule has 0 spiro atoms. The van der Waals surface area contributed by atoms with Gasteiger partial charge in [-0.3, -0.25) is 0 Å². The fraction of sp³-hybridized carbons (Fsp3) is 0.857. The molecule has 0 unspecified atom stereocenters. The molecule has 12 heavy (non-hydrogen) atoms. The maximum atomic E-state index is 10.8. The van der Waals surface area contributed by atoms with Crippen molar-refractivity contribution in [2.75, 3.05) is 13.2 Å². The minimum absolute atomic E-state index is 0.190. The van der Waals surface area contributed by atoms with Crippen LogP contribution in [0.3, 0.4) is 0 Å². The molecule has 0 heterocycles. The lowest BCUT2D eigenvalue weighted by atomic mass is 10.2. The van der Waals surface area contributed by atoms with Crippen molar-refractivity contribution in [3.63, 3.8) is 0 Å². The van der Waals surface area contributed by atoms with Gasteiger partial charge in [-0.05, 0) is 19.3 Å². The standard InChI is InChI=1S/C7H14O3S2/c8-4-2-1-3-5-10-6(9)7(11)12/h7-8,11-12H,1-5H2. The topological polar surface area (TPSA) is 46.5 Å². The molecular formula is C7H14O3S2. The Bertz CT molecular complexity index is 128. The van der Waals surface area contributed by atoms with E-state index in [1.54, 1.807) is 0 Å². The smallest absolute Gasteiger partial charge is 0.328 e. The summed E-state index contributed by atoms with van der Waals surface area (Å²) in [6.45, 7) is 0.576. The van der Waals surface area contributed by atoms with E-state index in [0.29, 0.717) is 6.61 Å². The summed E-state index contributed by atoms with van der Waals surface area (Å²) < 4.78 is 4.13. The van der Waals surface area contributed by atoms with Gasteiger partial charge < -0.3 is 9.84 Å². The van der Waals surface area contributed by atoms with Crippen molar-refractivity contribution in [3.05, 3.63) is 0 Å².